The van der Waals surface area contributed by atoms with Crippen molar-refractivity contribution in [3.63, 3.8) is 0 Å². The number of hydrogen-bond acceptors (Lipinski definition) is 1. The van der Waals surface area contributed by atoms with Crippen LogP contribution in [0.1, 0.15) is 13.8 Å². The molecule has 1 N–H and O–H groups in total. The van der Waals surface area contributed by atoms with E-state index >= 15 is 0 Å². The third-order valence-corrected chi connectivity index (χ3v) is 2.67. The van der Waals surface area contributed by atoms with E-state index in [0.29, 0.717) is 0 Å². The van der Waals surface area contributed by atoms with Crippen molar-refractivity contribution in [2.24, 2.45) is 17.3 Å². The largest absolute Gasteiger partial charge is 0.481 e. The molecular weight excluding hydrogens is 197 g/mol. The monoisotopic (exact) mass is 208 g/mol. The second kappa shape index (κ2) is 3.00. The van der Waals surface area contributed by atoms with Crippen molar-refractivity contribution in [3.05, 3.63) is 12.2 Å². The average molecular weight is 208 g/mol. The highest BCUT2D eigenvalue weighted by Crippen LogP contribution is 2.59. The van der Waals surface area contributed by atoms with Crippen LogP contribution in [0, 0.1) is 17.3 Å². The van der Waals surface area contributed by atoms with Gasteiger partial charge in [0.05, 0.1) is 5.92 Å². The Balaban J connectivity index is 2.67. The highest BCUT2D eigenvalue weighted by Gasteiger charge is 2.60. The van der Waals surface area contributed by atoms with Crippen molar-refractivity contribution in [1.29, 1.82) is 0 Å². The maximum absolute atomic E-state index is 11.8. The van der Waals surface area contributed by atoms with Crippen LogP contribution in [-0.2, 0) is 4.79 Å². The molecule has 2 atom stereocenters. The number of hydrogen-bond donors (Lipinski definition) is 1. The topological polar surface area (TPSA) is 37.3 Å². The molecule has 0 saturated heterocycles. The number of alkyl halides is 3. The van der Waals surface area contributed by atoms with Crippen molar-refractivity contribution in [2.45, 2.75) is 20.0 Å². The molecule has 0 aliphatic heterocycles. The highest BCUT2D eigenvalue weighted by molar-refractivity contribution is 5.76. The quantitative estimate of drug-likeness (QED) is 0.708. The van der Waals surface area contributed by atoms with Crippen LogP contribution in [0.4, 0.5) is 13.2 Å². The normalized spacial score (nSPS) is 30.6. The van der Waals surface area contributed by atoms with Gasteiger partial charge < -0.3 is 5.11 Å². The molecule has 2 nitrogen and oxygen atoms in total. The molecule has 0 amide bonds. The van der Waals surface area contributed by atoms with E-state index in [2.05, 4.69) is 0 Å². The van der Waals surface area contributed by atoms with Gasteiger partial charge in [0.2, 0.25) is 0 Å². The van der Waals surface area contributed by atoms with Crippen LogP contribution in [0.25, 0.3) is 0 Å². The molecule has 0 unspecified atom stereocenters. The van der Waals surface area contributed by atoms with E-state index < -0.39 is 29.4 Å². The molecule has 1 saturated carbocycles. The molecule has 0 bridgehead atoms. The zero-order chi connectivity index (χ0) is 11.1. The molecule has 0 aromatic rings. The van der Waals surface area contributed by atoms with E-state index in [4.69, 9.17) is 5.11 Å². The number of rotatable bonds is 2. The Bertz CT molecular complexity index is 278. The van der Waals surface area contributed by atoms with Crippen molar-refractivity contribution in [1.82, 2.24) is 0 Å². The molecule has 0 aromatic carbocycles. The first-order valence-electron chi connectivity index (χ1n) is 4.15. The molecule has 1 fully saturated rings. The maximum atomic E-state index is 11.8. The highest BCUT2D eigenvalue weighted by atomic mass is 19.4. The molecule has 0 aromatic heterocycles. The summed E-state index contributed by atoms with van der Waals surface area (Å²) in [4.78, 5) is 10.6. The summed E-state index contributed by atoms with van der Waals surface area (Å²) in [6, 6.07) is 0. The second-order valence-electron chi connectivity index (χ2n) is 4.06. The number of carbonyl (C=O) groups is 1. The van der Waals surface area contributed by atoms with Crippen LogP contribution < -0.4 is 0 Å². The van der Waals surface area contributed by atoms with Crippen molar-refractivity contribution >= 4 is 5.97 Å². The first-order valence-corrected chi connectivity index (χ1v) is 4.15. The fourth-order valence-electron chi connectivity index (χ4n) is 1.72. The minimum Gasteiger partial charge on any atom is -0.481 e. The van der Waals surface area contributed by atoms with Crippen LogP contribution in [0.5, 0.6) is 0 Å². The smallest absolute Gasteiger partial charge is 0.409 e. The van der Waals surface area contributed by atoms with Gasteiger partial charge in [-0.05, 0) is 11.3 Å². The minimum absolute atomic E-state index is 0.113. The first kappa shape index (κ1) is 11.1. The molecule has 5 heteroatoms. The molecule has 0 spiro atoms. The zero-order valence-corrected chi connectivity index (χ0v) is 7.80. The van der Waals surface area contributed by atoms with Crippen LogP contribution in [0.3, 0.4) is 0 Å². The molecule has 0 radical (unpaired) electrons. The predicted octanol–water partition coefficient (Wildman–Crippen LogP) is 2.46. The third kappa shape index (κ3) is 2.08. The third-order valence-electron chi connectivity index (χ3n) is 2.67. The van der Waals surface area contributed by atoms with Gasteiger partial charge >= 0.3 is 12.1 Å². The Hall–Kier alpha value is -1.00. The van der Waals surface area contributed by atoms with Crippen molar-refractivity contribution < 1.29 is 23.1 Å². The molecular formula is C9H11F3O2. The van der Waals surface area contributed by atoms with Crippen molar-refractivity contribution in [2.75, 3.05) is 0 Å². The fraction of sp³-hybridized carbons (Fsp3) is 0.667. The van der Waals surface area contributed by atoms with E-state index in [1.54, 1.807) is 13.8 Å². The molecule has 80 valence electrons. The summed E-state index contributed by atoms with van der Waals surface area (Å²) >= 11 is 0. The Morgan fingerprint density at radius 3 is 2.21 bits per heavy atom. The fourth-order valence-corrected chi connectivity index (χ4v) is 1.72. The van der Waals surface area contributed by atoms with Gasteiger partial charge in [0.1, 0.15) is 0 Å². The van der Waals surface area contributed by atoms with Gasteiger partial charge in [-0.25, -0.2) is 0 Å². The summed E-state index contributed by atoms with van der Waals surface area (Å²) in [7, 11) is 0. The lowest BCUT2D eigenvalue weighted by molar-refractivity contribution is -0.139. The summed E-state index contributed by atoms with van der Waals surface area (Å²) < 4.78 is 35.4. The van der Waals surface area contributed by atoms with E-state index in [1.165, 1.54) is 0 Å². The van der Waals surface area contributed by atoms with Crippen LogP contribution >= 0.6 is 0 Å². The standard InChI is InChI=1S/C9H11F3O2/c1-8(2)5(6(8)7(13)14)3-4-9(10,11)12/h3-6H,1-2H3,(H,13,14)/b4-3-/t5-,6+/m1/s1. The second-order valence-corrected chi connectivity index (χ2v) is 4.06. The van der Waals surface area contributed by atoms with E-state index in [0.717, 1.165) is 6.08 Å². The maximum Gasteiger partial charge on any atom is 0.409 e. The Kier molecular flexibility index (Phi) is 2.37. The van der Waals surface area contributed by atoms with Crippen molar-refractivity contribution in [3.8, 4) is 0 Å². The number of carboxylic acid groups (broad SMARTS) is 1. The van der Waals surface area contributed by atoms with E-state index in [-0.39, 0.29) is 6.08 Å². The van der Waals surface area contributed by atoms with Gasteiger partial charge in [-0.1, -0.05) is 19.9 Å². The first-order chi connectivity index (χ1) is 6.16. The van der Waals surface area contributed by atoms with E-state index in [9.17, 15) is 18.0 Å². The average Bonchev–Trinajstić information content (AvgIpc) is 2.47. The summed E-state index contributed by atoms with van der Waals surface area (Å²) in [5.74, 6) is -2.24. The molecule has 14 heavy (non-hydrogen) atoms. The van der Waals surface area contributed by atoms with Gasteiger partial charge in [0, 0.05) is 6.08 Å². The summed E-state index contributed by atoms with van der Waals surface area (Å²) in [5.41, 5.74) is -0.562. The van der Waals surface area contributed by atoms with Gasteiger partial charge in [-0.2, -0.15) is 13.2 Å². The van der Waals surface area contributed by atoms with Gasteiger partial charge in [0.15, 0.2) is 0 Å². The lowest BCUT2D eigenvalue weighted by Gasteiger charge is -1.98. The molecule has 0 heterocycles. The number of halogens is 3. The minimum atomic E-state index is -4.36. The van der Waals surface area contributed by atoms with E-state index in [1.807, 2.05) is 0 Å². The summed E-state index contributed by atoms with van der Waals surface area (Å²) in [6.07, 6.45) is -3.30. The summed E-state index contributed by atoms with van der Waals surface area (Å²) in [6.45, 7) is 3.30. The Morgan fingerprint density at radius 2 is 1.93 bits per heavy atom. The van der Waals surface area contributed by atoms with Gasteiger partial charge in [-0.3, -0.25) is 4.79 Å². The SMILES string of the molecule is CC1(C)[C@H](/C=C\C(F)(F)F)[C@H]1C(=O)O. The van der Waals surface area contributed by atoms with Crippen LogP contribution in [-0.4, -0.2) is 17.3 Å². The Labute approximate surface area is 79.4 Å². The van der Waals surface area contributed by atoms with Crippen LogP contribution in [0.15, 0.2) is 12.2 Å². The molecule has 1 rings (SSSR count). The predicted molar refractivity (Wildman–Crippen MR) is 43.6 cm³/mol. The lowest BCUT2D eigenvalue weighted by Crippen LogP contribution is -2.03. The Morgan fingerprint density at radius 1 is 1.43 bits per heavy atom. The van der Waals surface area contributed by atoms with Crippen LogP contribution in [0.2, 0.25) is 0 Å². The summed E-state index contributed by atoms with van der Waals surface area (Å²) in [5, 5.41) is 8.67. The van der Waals surface area contributed by atoms with Gasteiger partial charge in [-0.15, -0.1) is 0 Å². The number of aliphatic carboxylic acids is 1. The lowest BCUT2D eigenvalue weighted by atomic mass is 10.1. The molecule has 1 aliphatic rings. The molecule has 1 aliphatic carbocycles. The number of carboxylic acids is 1. The number of allylic oxidation sites excluding steroid dienone is 2. The van der Waals surface area contributed by atoms with Gasteiger partial charge in [0.25, 0.3) is 0 Å². The zero-order valence-electron chi connectivity index (χ0n) is 7.80.